The second-order valence-corrected chi connectivity index (χ2v) is 7.58. The van der Waals surface area contributed by atoms with Gasteiger partial charge in [-0.15, -0.1) is 0 Å². The van der Waals surface area contributed by atoms with E-state index in [4.69, 9.17) is 4.42 Å². The molecule has 1 aliphatic carbocycles. The third-order valence-electron chi connectivity index (χ3n) is 4.33. The van der Waals surface area contributed by atoms with Crippen LogP contribution in [0, 0.1) is 0 Å². The largest absolute Gasteiger partial charge is 0.423 e. The lowest BCUT2D eigenvalue weighted by Crippen LogP contribution is -2.27. The maximum Gasteiger partial charge on any atom is 0.336 e. The van der Waals surface area contributed by atoms with Crippen LogP contribution in [0.3, 0.4) is 0 Å². The SMILES string of the molecule is O=c1ccc2cc(S(=O)(=O)NC3CCc4ccccc43)ccc2o1. The van der Waals surface area contributed by atoms with Crippen molar-refractivity contribution >= 4 is 21.0 Å². The summed E-state index contributed by atoms with van der Waals surface area (Å²) in [7, 11) is -3.66. The predicted molar refractivity (Wildman–Crippen MR) is 90.3 cm³/mol. The third kappa shape index (κ3) is 2.64. The van der Waals surface area contributed by atoms with Crippen molar-refractivity contribution in [2.24, 2.45) is 0 Å². The lowest BCUT2D eigenvalue weighted by atomic mass is 10.1. The van der Waals surface area contributed by atoms with E-state index in [1.54, 1.807) is 6.07 Å². The molecule has 24 heavy (non-hydrogen) atoms. The number of benzene rings is 2. The van der Waals surface area contributed by atoms with Gasteiger partial charge in [0.05, 0.1) is 4.90 Å². The topological polar surface area (TPSA) is 76.4 Å². The zero-order chi connectivity index (χ0) is 16.7. The first-order valence-corrected chi connectivity index (χ1v) is 9.15. The van der Waals surface area contributed by atoms with Gasteiger partial charge >= 0.3 is 5.63 Å². The maximum absolute atomic E-state index is 12.7. The number of nitrogens with one attached hydrogen (secondary N) is 1. The van der Waals surface area contributed by atoms with Crippen molar-refractivity contribution in [2.45, 2.75) is 23.8 Å². The Hall–Kier alpha value is -2.44. The van der Waals surface area contributed by atoms with Gasteiger partial charge < -0.3 is 4.42 Å². The van der Waals surface area contributed by atoms with E-state index in [0.717, 1.165) is 18.4 Å². The van der Waals surface area contributed by atoms with Crippen LogP contribution in [0.2, 0.25) is 0 Å². The second kappa shape index (κ2) is 5.58. The fourth-order valence-corrected chi connectivity index (χ4v) is 4.44. The van der Waals surface area contributed by atoms with Crippen LogP contribution in [0.25, 0.3) is 11.0 Å². The summed E-state index contributed by atoms with van der Waals surface area (Å²) in [4.78, 5) is 11.4. The van der Waals surface area contributed by atoms with E-state index in [2.05, 4.69) is 4.72 Å². The molecule has 0 aliphatic heterocycles. The van der Waals surface area contributed by atoms with Gasteiger partial charge in [-0.1, -0.05) is 24.3 Å². The predicted octanol–water partition coefficient (Wildman–Crippen LogP) is 2.76. The van der Waals surface area contributed by atoms with Gasteiger partial charge in [-0.05, 0) is 48.2 Å². The van der Waals surface area contributed by atoms with Gasteiger partial charge in [-0.2, -0.15) is 0 Å². The van der Waals surface area contributed by atoms with E-state index in [9.17, 15) is 13.2 Å². The highest BCUT2D eigenvalue weighted by Gasteiger charge is 2.27. The third-order valence-corrected chi connectivity index (χ3v) is 5.80. The summed E-state index contributed by atoms with van der Waals surface area (Å²) < 4.78 is 33.2. The molecular formula is C18H15NO4S. The average Bonchev–Trinajstić information content (AvgIpc) is 2.97. The van der Waals surface area contributed by atoms with Crippen LogP contribution in [-0.4, -0.2) is 8.42 Å². The molecule has 0 radical (unpaired) electrons. The molecule has 3 aromatic rings. The summed E-state index contributed by atoms with van der Waals surface area (Å²) in [5, 5.41) is 0.573. The van der Waals surface area contributed by atoms with Gasteiger partial charge in [0.25, 0.3) is 0 Å². The minimum absolute atomic E-state index is 0.160. The van der Waals surface area contributed by atoms with Gasteiger partial charge in [-0.25, -0.2) is 17.9 Å². The van der Waals surface area contributed by atoms with Crippen molar-refractivity contribution in [2.75, 3.05) is 0 Å². The lowest BCUT2D eigenvalue weighted by molar-refractivity contribution is 0.553. The molecule has 2 aromatic carbocycles. The van der Waals surface area contributed by atoms with E-state index < -0.39 is 15.6 Å². The molecule has 6 heteroatoms. The number of hydrogen-bond donors (Lipinski definition) is 1. The number of hydrogen-bond acceptors (Lipinski definition) is 4. The second-order valence-electron chi connectivity index (χ2n) is 5.87. The Labute approximate surface area is 139 Å². The highest BCUT2D eigenvalue weighted by atomic mass is 32.2. The number of sulfonamides is 1. The van der Waals surface area contributed by atoms with Gasteiger partial charge in [0.15, 0.2) is 0 Å². The monoisotopic (exact) mass is 341 g/mol. The standard InChI is InChI=1S/C18H15NO4S/c20-18-10-6-13-11-14(7-9-17(13)23-18)24(21,22)19-16-8-5-12-3-1-2-4-15(12)16/h1-4,6-7,9-11,16,19H,5,8H2. The number of aryl methyl sites for hydroxylation is 1. The van der Waals surface area contributed by atoms with Crippen LogP contribution in [0.4, 0.5) is 0 Å². The van der Waals surface area contributed by atoms with Crippen LogP contribution < -0.4 is 10.3 Å². The number of fused-ring (bicyclic) bond motifs is 2. The Kier molecular flexibility index (Phi) is 3.51. The van der Waals surface area contributed by atoms with Gasteiger partial charge in [0, 0.05) is 17.5 Å². The minimum atomic E-state index is -3.66. The quantitative estimate of drug-likeness (QED) is 0.743. The molecule has 122 valence electrons. The first-order valence-electron chi connectivity index (χ1n) is 7.67. The highest BCUT2D eigenvalue weighted by Crippen LogP contribution is 2.32. The van der Waals surface area contributed by atoms with Crippen LogP contribution in [0.1, 0.15) is 23.6 Å². The van der Waals surface area contributed by atoms with Crippen LogP contribution in [0.5, 0.6) is 0 Å². The lowest BCUT2D eigenvalue weighted by Gasteiger charge is -2.14. The molecular weight excluding hydrogens is 326 g/mol. The molecule has 1 aromatic heterocycles. The molecule has 1 N–H and O–H groups in total. The number of rotatable bonds is 3. The molecule has 0 fully saturated rings. The molecule has 5 nitrogen and oxygen atoms in total. The Morgan fingerprint density at radius 3 is 2.75 bits per heavy atom. The Morgan fingerprint density at radius 1 is 1.04 bits per heavy atom. The van der Waals surface area contributed by atoms with Crippen LogP contribution in [-0.2, 0) is 16.4 Å². The van der Waals surface area contributed by atoms with Crippen molar-refractivity contribution in [1.29, 1.82) is 0 Å². The molecule has 0 spiro atoms. The molecule has 0 amide bonds. The Morgan fingerprint density at radius 2 is 1.88 bits per heavy atom. The highest BCUT2D eigenvalue weighted by molar-refractivity contribution is 7.89. The summed E-state index contributed by atoms with van der Waals surface area (Å²) in [5.74, 6) is 0. The van der Waals surface area contributed by atoms with E-state index in [0.29, 0.717) is 11.0 Å². The van der Waals surface area contributed by atoms with Crippen molar-refractivity contribution in [3.63, 3.8) is 0 Å². The van der Waals surface area contributed by atoms with Gasteiger partial charge in [0.1, 0.15) is 5.58 Å². The summed E-state index contributed by atoms with van der Waals surface area (Å²) >= 11 is 0. The van der Waals surface area contributed by atoms with Gasteiger partial charge in [-0.3, -0.25) is 0 Å². The maximum atomic E-state index is 12.7. The smallest absolute Gasteiger partial charge is 0.336 e. The Bertz CT molecular complexity index is 1090. The van der Waals surface area contributed by atoms with Crippen LogP contribution >= 0.6 is 0 Å². The van der Waals surface area contributed by atoms with E-state index in [1.165, 1.54) is 29.8 Å². The van der Waals surface area contributed by atoms with Crippen LogP contribution in [0.15, 0.2) is 68.7 Å². The van der Waals surface area contributed by atoms with Crippen molar-refractivity contribution < 1.29 is 12.8 Å². The molecule has 1 aliphatic rings. The summed E-state index contributed by atoms with van der Waals surface area (Å²) in [5.41, 5.74) is 2.13. The summed E-state index contributed by atoms with van der Waals surface area (Å²) in [6.07, 6.45) is 1.62. The molecule has 0 saturated heterocycles. The van der Waals surface area contributed by atoms with Crippen molar-refractivity contribution in [3.05, 3.63) is 76.1 Å². The Balaban J connectivity index is 1.68. The van der Waals surface area contributed by atoms with Gasteiger partial charge in [0.2, 0.25) is 10.0 Å². The fraction of sp³-hybridized carbons (Fsp3) is 0.167. The molecule has 1 heterocycles. The molecule has 0 saturated carbocycles. The zero-order valence-electron chi connectivity index (χ0n) is 12.7. The summed E-state index contributed by atoms with van der Waals surface area (Å²) in [6.45, 7) is 0. The van der Waals surface area contributed by atoms with Crippen molar-refractivity contribution in [1.82, 2.24) is 4.72 Å². The minimum Gasteiger partial charge on any atom is -0.423 e. The molecule has 1 atom stereocenters. The van der Waals surface area contributed by atoms with Crippen molar-refractivity contribution in [3.8, 4) is 0 Å². The molecule has 4 rings (SSSR count). The molecule has 1 unspecified atom stereocenters. The first-order chi connectivity index (χ1) is 11.5. The van der Waals surface area contributed by atoms with E-state index in [-0.39, 0.29) is 10.9 Å². The molecule has 0 bridgehead atoms. The fourth-order valence-electron chi connectivity index (χ4n) is 3.15. The first kappa shape index (κ1) is 15.1. The zero-order valence-corrected chi connectivity index (χ0v) is 13.5. The summed E-state index contributed by atoms with van der Waals surface area (Å²) in [6, 6.07) is 15.0. The average molecular weight is 341 g/mol. The van der Waals surface area contributed by atoms with E-state index >= 15 is 0 Å². The normalized spacial score (nSPS) is 17.1. The van der Waals surface area contributed by atoms with E-state index in [1.807, 2.05) is 24.3 Å².